The first kappa shape index (κ1) is 23.0. The van der Waals surface area contributed by atoms with E-state index >= 15 is 0 Å². The molecule has 0 spiro atoms. The van der Waals surface area contributed by atoms with Gasteiger partial charge in [0.15, 0.2) is 0 Å². The summed E-state index contributed by atoms with van der Waals surface area (Å²) in [4.78, 5) is 15.8. The number of halogens is 2. The average Bonchev–Trinajstić information content (AvgIpc) is 2.95. The van der Waals surface area contributed by atoms with Crippen molar-refractivity contribution >= 4 is 58.6 Å². The highest BCUT2D eigenvalue weighted by Crippen LogP contribution is 2.28. The van der Waals surface area contributed by atoms with Crippen molar-refractivity contribution < 1.29 is 14.3 Å². The van der Waals surface area contributed by atoms with Gasteiger partial charge in [-0.25, -0.2) is 4.98 Å². The van der Waals surface area contributed by atoms with Crippen LogP contribution in [0, 0.1) is 0 Å². The summed E-state index contributed by atoms with van der Waals surface area (Å²) in [6, 6.07) is 7.62. The number of nitrogens with one attached hydrogen (secondary N) is 1. The molecule has 1 aromatic heterocycles. The van der Waals surface area contributed by atoms with Crippen molar-refractivity contribution in [1.29, 1.82) is 0 Å². The number of aromatic nitrogens is 1. The fraction of sp³-hybridized carbons (Fsp3) is 0.375. The highest BCUT2D eigenvalue weighted by molar-refractivity contribution is 9.10. The maximum atomic E-state index is 11.5. The summed E-state index contributed by atoms with van der Waals surface area (Å²) in [5.41, 5.74) is 0. The lowest BCUT2D eigenvalue weighted by Crippen LogP contribution is -2.31. The number of rotatable bonds is 3. The molecular formula is C16H22BrClN2O3S. The molecule has 0 bridgehead atoms. The number of nitrogens with zero attached hydrogens (tertiary/aromatic N) is 1. The summed E-state index contributed by atoms with van der Waals surface area (Å²) < 4.78 is 11.7. The van der Waals surface area contributed by atoms with E-state index in [0.717, 1.165) is 15.2 Å². The van der Waals surface area contributed by atoms with Crippen LogP contribution in [-0.4, -0.2) is 36.8 Å². The minimum atomic E-state index is -0.304. The van der Waals surface area contributed by atoms with Crippen molar-refractivity contribution in [1.82, 2.24) is 10.3 Å². The fourth-order valence-corrected chi connectivity index (χ4v) is 2.84. The van der Waals surface area contributed by atoms with E-state index in [-0.39, 0.29) is 51.4 Å². The molecular weight excluding hydrogens is 416 g/mol. The molecule has 1 aliphatic rings. The van der Waals surface area contributed by atoms with Gasteiger partial charge in [-0.15, -0.1) is 12.4 Å². The Labute approximate surface area is 163 Å². The van der Waals surface area contributed by atoms with Crippen LogP contribution in [0.25, 0.3) is 10.8 Å². The summed E-state index contributed by atoms with van der Waals surface area (Å²) in [5.74, 6) is 0.334. The van der Waals surface area contributed by atoms with E-state index in [1.54, 1.807) is 6.20 Å². The Balaban J connectivity index is 0.00000176. The molecule has 0 saturated carbocycles. The van der Waals surface area contributed by atoms with Gasteiger partial charge in [0.25, 0.3) is 0 Å². The zero-order chi connectivity index (χ0) is 14.8. The maximum Gasteiger partial charge on any atom is 0.323 e. The molecule has 0 unspecified atom stereocenters. The summed E-state index contributed by atoms with van der Waals surface area (Å²) in [6.45, 7) is 0.603. The molecule has 5 nitrogen and oxygen atoms in total. The molecule has 8 heteroatoms. The van der Waals surface area contributed by atoms with Gasteiger partial charge in [-0.05, 0) is 23.6 Å². The van der Waals surface area contributed by atoms with Crippen LogP contribution in [-0.2, 0) is 9.53 Å². The maximum absolute atomic E-state index is 11.5. The predicted molar refractivity (Wildman–Crippen MR) is 107 cm³/mol. The number of carbonyl (C=O) groups excluding carboxylic acids is 1. The summed E-state index contributed by atoms with van der Waals surface area (Å²) in [6.07, 6.45) is 2.22. The van der Waals surface area contributed by atoms with Crippen LogP contribution in [0.4, 0.5) is 0 Å². The Morgan fingerprint density at radius 2 is 2.12 bits per heavy atom. The smallest absolute Gasteiger partial charge is 0.323 e. The van der Waals surface area contributed by atoms with Crippen molar-refractivity contribution in [2.45, 2.75) is 26.0 Å². The molecule has 0 radical (unpaired) electrons. The van der Waals surface area contributed by atoms with E-state index in [2.05, 4.69) is 26.2 Å². The van der Waals surface area contributed by atoms with E-state index in [1.807, 2.05) is 24.3 Å². The second kappa shape index (κ2) is 10.1. The zero-order valence-corrected chi connectivity index (χ0v) is 15.8. The monoisotopic (exact) mass is 436 g/mol. The largest absolute Gasteiger partial charge is 0.472 e. The third kappa shape index (κ3) is 4.99. The van der Waals surface area contributed by atoms with Crippen LogP contribution in [0.2, 0.25) is 0 Å². The molecule has 0 amide bonds. The van der Waals surface area contributed by atoms with Gasteiger partial charge in [-0.1, -0.05) is 29.4 Å². The van der Waals surface area contributed by atoms with Gasteiger partial charge in [0.05, 0.1) is 7.11 Å². The van der Waals surface area contributed by atoms with E-state index in [1.165, 1.54) is 7.11 Å². The number of pyridine rings is 1. The van der Waals surface area contributed by atoms with Crippen molar-refractivity contribution in [3.05, 3.63) is 34.9 Å². The van der Waals surface area contributed by atoms with Gasteiger partial charge in [0.1, 0.15) is 12.1 Å². The van der Waals surface area contributed by atoms with E-state index in [0.29, 0.717) is 18.8 Å². The molecule has 1 saturated heterocycles. The normalized spacial score (nSPS) is 18.8. The Bertz CT molecular complexity index is 689. The molecule has 2 heterocycles. The van der Waals surface area contributed by atoms with Crippen molar-refractivity contribution in [2.75, 3.05) is 13.7 Å². The van der Waals surface area contributed by atoms with Crippen LogP contribution in [0.15, 0.2) is 34.9 Å². The van der Waals surface area contributed by atoms with Crippen LogP contribution in [0.3, 0.4) is 0 Å². The van der Waals surface area contributed by atoms with Gasteiger partial charge in [0, 0.05) is 29.0 Å². The molecule has 2 atom stereocenters. The third-order valence-electron chi connectivity index (χ3n) is 3.55. The number of esters is 1. The van der Waals surface area contributed by atoms with Gasteiger partial charge in [-0.2, -0.15) is 13.5 Å². The van der Waals surface area contributed by atoms with E-state index in [4.69, 9.17) is 9.47 Å². The number of hydrogen-bond acceptors (Lipinski definition) is 5. The first-order chi connectivity index (χ1) is 10.2. The van der Waals surface area contributed by atoms with Gasteiger partial charge in [-0.3, -0.25) is 4.79 Å². The molecule has 1 aromatic carbocycles. The highest BCUT2D eigenvalue weighted by Gasteiger charge is 2.31. The van der Waals surface area contributed by atoms with Crippen LogP contribution in [0.1, 0.15) is 13.8 Å². The van der Waals surface area contributed by atoms with Crippen LogP contribution < -0.4 is 10.1 Å². The van der Waals surface area contributed by atoms with Crippen LogP contribution >= 0.6 is 41.8 Å². The topological polar surface area (TPSA) is 60.5 Å². The van der Waals surface area contributed by atoms with Crippen LogP contribution in [0.5, 0.6) is 5.88 Å². The molecule has 3 rings (SSSR count). The van der Waals surface area contributed by atoms with Gasteiger partial charge in [0.2, 0.25) is 5.88 Å². The Morgan fingerprint density at radius 3 is 2.83 bits per heavy atom. The highest BCUT2D eigenvalue weighted by atomic mass is 79.9. The Morgan fingerprint density at radius 1 is 1.38 bits per heavy atom. The van der Waals surface area contributed by atoms with E-state index in [9.17, 15) is 4.79 Å². The second-order valence-electron chi connectivity index (χ2n) is 4.94. The number of carbonyl (C=O) groups is 1. The molecule has 1 aliphatic heterocycles. The van der Waals surface area contributed by atoms with E-state index < -0.39 is 0 Å². The van der Waals surface area contributed by atoms with Gasteiger partial charge >= 0.3 is 5.97 Å². The lowest BCUT2D eigenvalue weighted by atomic mass is 10.1. The van der Waals surface area contributed by atoms with Gasteiger partial charge < -0.3 is 14.8 Å². The van der Waals surface area contributed by atoms with Crippen molar-refractivity contribution in [3.8, 4) is 5.88 Å². The molecule has 134 valence electrons. The second-order valence-corrected chi connectivity index (χ2v) is 5.86. The minimum Gasteiger partial charge on any atom is -0.472 e. The quantitative estimate of drug-likeness (QED) is 0.745. The molecule has 24 heavy (non-hydrogen) atoms. The first-order valence-corrected chi connectivity index (χ1v) is 7.49. The summed E-state index contributed by atoms with van der Waals surface area (Å²) >= 11 is 3.46. The van der Waals surface area contributed by atoms with Crippen molar-refractivity contribution in [3.63, 3.8) is 0 Å². The Hall–Kier alpha value is -1.02. The predicted octanol–water partition coefficient (Wildman–Crippen LogP) is 3.45. The third-order valence-corrected chi connectivity index (χ3v) is 4.04. The molecule has 1 N–H and O–H groups in total. The first-order valence-electron chi connectivity index (χ1n) is 6.69. The molecule has 1 fully saturated rings. The number of benzene rings is 1. The average molecular weight is 438 g/mol. The number of ether oxygens (including phenoxy) is 2. The fourth-order valence-electron chi connectivity index (χ4n) is 2.48. The number of fused-ring (bicyclic) bond motifs is 1. The molecule has 0 aliphatic carbocycles. The lowest BCUT2D eigenvalue weighted by Gasteiger charge is -2.13. The molecule has 2 aromatic rings. The zero-order valence-electron chi connectivity index (χ0n) is 12.4. The minimum absolute atomic E-state index is 0. The lowest BCUT2D eigenvalue weighted by molar-refractivity contribution is -0.142. The summed E-state index contributed by atoms with van der Waals surface area (Å²) in [5, 5.41) is 5.12. The number of methoxy groups -OCH3 is 1. The standard InChI is InChI=1S/C15H15BrN2O3.CH4.ClH.H2S/c1-20-15(19)13-7-11(8-18-13)21-14-12-6-10(16)3-2-9(12)4-5-17-14;;;/h2-6,11,13,18H,7-8H2,1H3;1H4;1H;1H2/t11-,13+;;;/m1.../s1. The van der Waals surface area contributed by atoms with Crippen molar-refractivity contribution in [2.24, 2.45) is 0 Å². The SMILES string of the molecule is C.COC(=O)[C@@H]1C[C@@H](Oc2nccc3ccc(Br)cc23)CN1.Cl.S. The summed E-state index contributed by atoms with van der Waals surface area (Å²) in [7, 11) is 1.39. The number of hydrogen-bond donors (Lipinski definition) is 1. The Kier molecular flexibility index (Phi) is 9.65.